The number of fused-ring (bicyclic) bond motifs is 3. The molecule has 19 heavy (non-hydrogen) atoms. The Morgan fingerprint density at radius 3 is 3.00 bits per heavy atom. The van der Waals surface area contributed by atoms with E-state index < -0.39 is 11.6 Å². The molecule has 0 atom stereocenters. The van der Waals surface area contributed by atoms with Crippen molar-refractivity contribution in [2.45, 2.75) is 6.92 Å². The van der Waals surface area contributed by atoms with Gasteiger partial charge in [-0.3, -0.25) is 0 Å². The molecule has 4 nitrogen and oxygen atoms in total. The van der Waals surface area contributed by atoms with Crippen LogP contribution in [0.5, 0.6) is 0 Å². The summed E-state index contributed by atoms with van der Waals surface area (Å²) < 4.78 is 11.2. The Bertz CT molecular complexity index is 828. The van der Waals surface area contributed by atoms with E-state index in [-0.39, 0.29) is 12.2 Å². The van der Waals surface area contributed by atoms with Gasteiger partial charge in [-0.25, -0.2) is 9.59 Å². The largest absolute Gasteiger partial charge is 0.462 e. The van der Waals surface area contributed by atoms with Gasteiger partial charge in [0, 0.05) is 15.5 Å². The quantitative estimate of drug-likeness (QED) is 0.532. The standard InChI is InChI=1S/C14H10O4S/c1-2-17-13(15)10-7-8-3-4-11-9(5-6-19-11)12(8)18-14(10)16/h3-7H,2H2,1H3. The summed E-state index contributed by atoms with van der Waals surface area (Å²) in [5, 5.41) is 3.53. The number of carbonyl (C=O) groups excluding carboxylic acids is 1. The van der Waals surface area contributed by atoms with Crippen LogP contribution in [0.15, 0.2) is 38.9 Å². The molecule has 0 saturated carbocycles. The monoisotopic (exact) mass is 274 g/mol. The van der Waals surface area contributed by atoms with Gasteiger partial charge in [0.1, 0.15) is 11.1 Å². The van der Waals surface area contributed by atoms with Crippen molar-refractivity contribution in [2.24, 2.45) is 0 Å². The summed E-state index contributed by atoms with van der Waals surface area (Å²) in [5.41, 5.74) is -0.217. The van der Waals surface area contributed by atoms with Crippen LogP contribution >= 0.6 is 11.3 Å². The molecule has 1 aromatic carbocycles. The first kappa shape index (κ1) is 11.9. The maximum absolute atomic E-state index is 11.9. The van der Waals surface area contributed by atoms with E-state index in [1.807, 2.05) is 23.6 Å². The second-order valence-corrected chi connectivity index (χ2v) is 4.93. The Hall–Kier alpha value is -2.14. The van der Waals surface area contributed by atoms with Gasteiger partial charge in [-0.15, -0.1) is 11.3 Å². The number of hydrogen-bond acceptors (Lipinski definition) is 5. The molecule has 0 fully saturated rings. The number of carbonyl (C=O) groups is 1. The number of rotatable bonds is 2. The zero-order valence-corrected chi connectivity index (χ0v) is 11.0. The molecule has 5 heteroatoms. The lowest BCUT2D eigenvalue weighted by atomic mass is 10.1. The first-order valence-corrected chi connectivity index (χ1v) is 6.70. The number of hydrogen-bond donors (Lipinski definition) is 0. The predicted molar refractivity (Wildman–Crippen MR) is 73.8 cm³/mol. The molecule has 2 aromatic heterocycles. The third kappa shape index (κ3) is 1.92. The minimum atomic E-state index is -0.662. The van der Waals surface area contributed by atoms with Crippen molar-refractivity contribution in [3.05, 3.63) is 45.6 Å². The summed E-state index contributed by atoms with van der Waals surface area (Å²) >= 11 is 1.57. The molecule has 0 spiro atoms. The van der Waals surface area contributed by atoms with Crippen LogP contribution in [0.2, 0.25) is 0 Å². The number of esters is 1. The Balaban J connectivity index is 2.29. The highest BCUT2D eigenvalue weighted by atomic mass is 32.1. The lowest BCUT2D eigenvalue weighted by Crippen LogP contribution is -2.16. The van der Waals surface area contributed by atoms with E-state index in [1.165, 1.54) is 6.07 Å². The highest BCUT2D eigenvalue weighted by Gasteiger charge is 2.15. The molecule has 2 heterocycles. The molecule has 3 rings (SSSR count). The Kier molecular flexibility index (Phi) is 2.83. The van der Waals surface area contributed by atoms with Crippen molar-refractivity contribution in [3.8, 4) is 0 Å². The molecule has 0 N–H and O–H groups in total. The second-order valence-electron chi connectivity index (χ2n) is 3.98. The number of thiophene rings is 1. The van der Waals surface area contributed by atoms with Crippen LogP contribution in [0.3, 0.4) is 0 Å². The molecule has 0 radical (unpaired) electrons. The maximum atomic E-state index is 11.9. The van der Waals surface area contributed by atoms with Crippen molar-refractivity contribution in [2.75, 3.05) is 6.61 Å². The average molecular weight is 274 g/mol. The molecule has 0 unspecified atom stereocenters. The first-order chi connectivity index (χ1) is 9.20. The smallest absolute Gasteiger partial charge is 0.351 e. The lowest BCUT2D eigenvalue weighted by molar-refractivity contribution is 0.0522. The third-order valence-electron chi connectivity index (χ3n) is 2.83. The van der Waals surface area contributed by atoms with Crippen molar-refractivity contribution >= 4 is 38.4 Å². The fourth-order valence-electron chi connectivity index (χ4n) is 1.98. The molecule has 0 aliphatic carbocycles. The highest BCUT2D eigenvalue weighted by molar-refractivity contribution is 7.17. The molecule has 0 bridgehead atoms. The van der Waals surface area contributed by atoms with Crippen LogP contribution in [0.4, 0.5) is 0 Å². The SMILES string of the molecule is CCOC(=O)c1cc2ccc3sccc3c2oc1=O. The fourth-order valence-corrected chi connectivity index (χ4v) is 2.76. The third-order valence-corrected chi connectivity index (χ3v) is 3.71. The van der Waals surface area contributed by atoms with Gasteiger partial charge in [0.05, 0.1) is 6.61 Å². The Labute approximate surface area is 112 Å². The highest BCUT2D eigenvalue weighted by Crippen LogP contribution is 2.28. The van der Waals surface area contributed by atoms with E-state index in [4.69, 9.17) is 9.15 Å². The van der Waals surface area contributed by atoms with Gasteiger partial charge in [0.2, 0.25) is 0 Å². The van der Waals surface area contributed by atoms with E-state index >= 15 is 0 Å². The van der Waals surface area contributed by atoms with Crippen LogP contribution in [-0.4, -0.2) is 12.6 Å². The zero-order valence-electron chi connectivity index (χ0n) is 10.1. The van der Waals surface area contributed by atoms with Gasteiger partial charge in [0.25, 0.3) is 0 Å². The summed E-state index contributed by atoms with van der Waals surface area (Å²) in [6.45, 7) is 1.91. The van der Waals surface area contributed by atoms with Gasteiger partial charge in [-0.05, 0) is 36.6 Å². The zero-order chi connectivity index (χ0) is 13.4. The molecule has 96 valence electrons. The summed E-state index contributed by atoms with van der Waals surface area (Å²) in [5.74, 6) is -0.649. The molecule has 0 aliphatic heterocycles. The number of benzene rings is 1. The van der Waals surface area contributed by atoms with Gasteiger partial charge in [-0.2, -0.15) is 0 Å². The van der Waals surface area contributed by atoms with Gasteiger partial charge < -0.3 is 9.15 Å². The molecular formula is C14H10O4S. The van der Waals surface area contributed by atoms with Crippen molar-refractivity contribution in [3.63, 3.8) is 0 Å². The average Bonchev–Trinajstić information content (AvgIpc) is 2.87. The van der Waals surface area contributed by atoms with Crippen molar-refractivity contribution < 1.29 is 13.9 Å². The lowest BCUT2D eigenvalue weighted by Gasteiger charge is -2.03. The van der Waals surface area contributed by atoms with Gasteiger partial charge >= 0.3 is 11.6 Å². The first-order valence-electron chi connectivity index (χ1n) is 5.82. The minimum Gasteiger partial charge on any atom is -0.462 e. The maximum Gasteiger partial charge on any atom is 0.351 e. The van der Waals surface area contributed by atoms with E-state index in [9.17, 15) is 9.59 Å². The fraction of sp³-hybridized carbons (Fsp3) is 0.143. The summed E-state index contributed by atoms with van der Waals surface area (Å²) in [7, 11) is 0. The van der Waals surface area contributed by atoms with E-state index in [1.54, 1.807) is 18.3 Å². The molecule has 3 aromatic rings. The number of ether oxygens (including phenoxy) is 1. The Morgan fingerprint density at radius 2 is 2.21 bits per heavy atom. The molecule has 0 saturated heterocycles. The summed E-state index contributed by atoms with van der Waals surface area (Å²) in [6, 6.07) is 7.20. The molecule has 0 amide bonds. The predicted octanol–water partition coefficient (Wildman–Crippen LogP) is 3.18. The van der Waals surface area contributed by atoms with Crippen molar-refractivity contribution in [1.82, 2.24) is 0 Å². The van der Waals surface area contributed by atoms with E-state index in [0.717, 1.165) is 10.1 Å². The summed E-state index contributed by atoms with van der Waals surface area (Å²) in [6.07, 6.45) is 0. The van der Waals surface area contributed by atoms with Crippen LogP contribution in [0.1, 0.15) is 17.3 Å². The topological polar surface area (TPSA) is 56.5 Å². The van der Waals surface area contributed by atoms with Gasteiger partial charge in [-0.1, -0.05) is 0 Å². The second kappa shape index (κ2) is 4.51. The van der Waals surface area contributed by atoms with Crippen molar-refractivity contribution in [1.29, 1.82) is 0 Å². The normalized spacial score (nSPS) is 11.0. The van der Waals surface area contributed by atoms with Crippen LogP contribution < -0.4 is 5.63 Å². The van der Waals surface area contributed by atoms with Gasteiger partial charge in [0.15, 0.2) is 0 Å². The Morgan fingerprint density at radius 1 is 1.37 bits per heavy atom. The van der Waals surface area contributed by atoms with Crippen LogP contribution in [0.25, 0.3) is 21.1 Å². The van der Waals surface area contributed by atoms with E-state index in [0.29, 0.717) is 11.0 Å². The molecular weight excluding hydrogens is 264 g/mol. The van der Waals surface area contributed by atoms with E-state index in [2.05, 4.69) is 0 Å². The van der Waals surface area contributed by atoms with Crippen LogP contribution in [0, 0.1) is 0 Å². The summed E-state index contributed by atoms with van der Waals surface area (Å²) in [4.78, 5) is 23.5. The minimum absolute atomic E-state index is 0.0658. The molecule has 0 aliphatic rings. The van der Waals surface area contributed by atoms with Crippen LogP contribution in [-0.2, 0) is 4.74 Å².